The Morgan fingerprint density at radius 2 is 2.15 bits per heavy atom. The molecule has 0 amide bonds. The molecule has 2 atom stereocenters. The lowest BCUT2D eigenvalue weighted by Crippen LogP contribution is -2.39. The first-order chi connectivity index (χ1) is 9.33. The second-order valence-corrected chi connectivity index (χ2v) is 5.91. The molecule has 0 radical (unpaired) electrons. The molecule has 0 bridgehead atoms. The molecule has 0 aliphatic heterocycles. The largest absolute Gasteiger partial charge is 0.381 e. The topological polar surface area (TPSA) is 45.7 Å². The molecule has 2 N–H and O–H groups in total. The summed E-state index contributed by atoms with van der Waals surface area (Å²) in [5.41, 5.74) is 0. The molecular formula is C15H30IN3O. The van der Waals surface area contributed by atoms with Crippen LogP contribution in [0.3, 0.4) is 0 Å². The van der Waals surface area contributed by atoms with Gasteiger partial charge in [0.15, 0.2) is 5.96 Å². The van der Waals surface area contributed by atoms with Crippen molar-refractivity contribution in [3.05, 3.63) is 0 Å². The monoisotopic (exact) mass is 395 g/mol. The van der Waals surface area contributed by atoms with Crippen molar-refractivity contribution in [2.24, 2.45) is 16.8 Å². The summed E-state index contributed by atoms with van der Waals surface area (Å²) >= 11 is 0. The maximum Gasteiger partial charge on any atom is 0.191 e. The number of halogens is 1. The van der Waals surface area contributed by atoms with E-state index in [9.17, 15) is 0 Å². The maximum atomic E-state index is 5.62. The number of nitrogens with one attached hydrogen (secondary N) is 2. The first-order valence-corrected chi connectivity index (χ1v) is 7.88. The van der Waals surface area contributed by atoms with Crippen molar-refractivity contribution < 1.29 is 4.74 Å². The highest BCUT2D eigenvalue weighted by atomic mass is 127. The maximum absolute atomic E-state index is 5.62. The average Bonchev–Trinajstić information content (AvgIpc) is 3.30. The van der Waals surface area contributed by atoms with Crippen molar-refractivity contribution in [1.82, 2.24) is 10.6 Å². The first kappa shape index (κ1) is 18.0. The molecule has 118 valence electrons. The van der Waals surface area contributed by atoms with E-state index < -0.39 is 0 Å². The third-order valence-corrected chi connectivity index (χ3v) is 3.94. The number of nitrogens with zero attached hydrogens (tertiary/aromatic N) is 1. The Labute approximate surface area is 140 Å². The third kappa shape index (κ3) is 7.11. The number of hydrogen-bond donors (Lipinski definition) is 2. The molecule has 2 saturated carbocycles. The number of aliphatic imine (C=N–C) groups is 1. The summed E-state index contributed by atoms with van der Waals surface area (Å²) in [6, 6.07) is 0.650. The van der Waals surface area contributed by atoms with E-state index in [1.54, 1.807) is 0 Å². The minimum absolute atomic E-state index is 0. The fraction of sp³-hybridized carbons (Fsp3) is 0.933. The van der Waals surface area contributed by atoms with Gasteiger partial charge in [0.1, 0.15) is 0 Å². The van der Waals surface area contributed by atoms with Gasteiger partial charge in [0, 0.05) is 32.8 Å². The Morgan fingerprint density at radius 1 is 1.35 bits per heavy atom. The molecule has 0 heterocycles. The zero-order valence-corrected chi connectivity index (χ0v) is 15.2. The average molecular weight is 395 g/mol. The van der Waals surface area contributed by atoms with E-state index in [1.807, 2.05) is 7.05 Å². The molecular weight excluding hydrogens is 365 g/mol. The van der Waals surface area contributed by atoms with Crippen molar-refractivity contribution in [2.75, 3.05) is 26.8 Å². The molecule has 0 aromatic carbocycles. The van der Waals surface area contributed by atoms with E-state index in [-0.39, 0.29) is 24.0 Å². The molecule has 2 fully saturated rings. The van der Waals surface area contributed by atoms with E-state index in [1.165, 1.54) is 32.1 Å². The summed E-state index contributed by atoms with van der Waals surface area (Å²) in [4.78, 5) is 4.27. The van der Waals surface area contributed by atoms with Crippen LogP contribution in [-0.4, -0.2) is 38.8 Å². The normalized spacial score (nSPS) is 25.0. The van der Waals surface area contributed by atoms with Gasteiger partial charge in [-0.3, -0.25) is 4.99 Å². The van der Waals surface area contributed by atoms with E-state index in [4.69, 9.17) is 4.74 Å². The second-order valence-electron chi connectivity index (χ2n) is 5.91. The van der Waals surface area contributed by atoms with Gasteiger partial charge >= 0.3 is 0 Å². The molecule has 5 heteroatoms. The summed E-state index contributed by atoms with van der Waals surface area (Å²) in [6.45, 7) is 5.02. The summed E-state index contributed by atoms with van der Waals surface area (Å²) in [7, 11) is 1.84. The Balaban J connectivity index is 0.00000200. The van der Waals surface area contributed by atoms with Crippen LogP contribution in [0, 0.1) is 11.8 Å². The van der Waals surface area contributed by atoms with Gasteiger partial charge in [0.2, 0.25) is 0 Å². The fourth-order valence-corrected chi connectivity index (χ4v) is 2.40. The lowest BCUT2D eigenvalue weighted by atomic mass is 10.2. The fourth-order valence-electron chi connectivity index (χ4n) is 2.40. The number of ether oxygens (including phenoxy) is 1. The first-order valence-electron chi connectivity index (χ1n) is 7.88. The van der Waals surface area contributed by atoms with Gasteiger partial charge in [-0.2, -0.15) is 0 Å². The Kier molecular flexibility index (Phi) is 8.84. The zero-order chi connectivity index (χ0) is 13.5. The van der Waals surface area contributed by atoms with Gasteiger partial charge < -0.3 is 15.4 Å². The van der Waals surface area contributed by atoms with Gasteiger partial charge in [-0.1, -0.05) is 13.3 Å². The molecule has 4 nitrogen and oxygen atoms in total. The minimum Gasteiger partial charge on any atom is -0.381 e. The van der Waals surface area contributed by atoms with Crippen LogP contribution in [0.5, 0.6) is 0 Å². The van der Waals surface area contributed by atoms with Gasteiger partial charge in [-0.05, 0) is 43.9 Å². The Morgan fingerprint density at radius 3 is 2.80 bits per heavy atom. The highest BCUT2D eigenvalue weighted by molar-refractivity contribution is 14.0. The molecule has 0 spiro atoms. The molecule has 2 aliphatic carbocycles. The predicted molar refractivity (Wildman–Crippen MR) is 94.9 cm³/mol. The van der Waals surface area contributed by atoms with Crippen LogP contribution in [0.4, 0.5) is 0 Å². The van der Waals surface area contributed by atoms with Crippen molar-refractivity contribution in [3.8, 4) is 0 Å². The van der Waals surface area contributed by atoms with Crippen LogP contribution in [-0.2, 0) is 4.74 Å². The number of rotatable bonds is 9. The molecule has 2 unspecified atom stereocenters. The Hall–Kier alpha value is -0.0400. The lowest BCUT2D eigenvalue weighted by Gasteiger charge is -2.11. The molecule has 2 aliphatic rings. The standard InChI is InChI=1S/C15H29N3O.HI/c1-3-5-13-10-14(13)18-15(16-2)17-8-4-9-19-11-12-6-7-12;/h12-14H,3-11H2,1-2H3,(H2,16,17,18);1H. The van der Waals surface area contributed by atoms with Crippen LogP contribution in [0.25, 0.3) is 0 Å². The molecule has 0 saturated heterocycles. The number of guanidine groups is 1. The zero-order valence-electron chi connectivity index (χ0n) is 12.9. The van der Waals surface area contributed by atoms with E-state index >= 15 is 0 Å². The SMILES string of the molecule is CCCC1CC1NC(=NC)NCCCOCC1CC1.I. The summed E-state index contributed by atoms with van der Waals surface area (Å²) in [5, 5.41) is 6.86. The van der Waals surface area contributed by atoms with Gasteiger partial charge in [-0.25, -0.2) is 0 Å². The predicted octanol–water partition coefficient (Wildman–Crippen LogP) is 2.77. The van der Waals surface area contributed by atoms with Crippen molar-refractivity contribution in [2.45, 2.75) is 51.5 Å². The second kappa shape index (κ2) is 9.82. The van der Waals surface area contributed by atoms with E-state index in [0.717, 1.165) is 44.0 Å². The Bertz CT molecular complexity index is 295. The molecule has 2 rings (SSSR count). The summed E-state index contributed by atoms with van der Waals surface area (Å²) < 4.78 is 5.62. The summed E-state index contributed by atoms with van der Waals surface area (Å²) in [5.74, 6) is 2.68. The minimum atomic E-state index is 0. The van der Waals surface area contributed by atoms with Crippen molar-refractivity contribution in [1.29, 1.82) is 0 Å². The van der Waals surface area contributed by atoms with E-state index in [2.05, 4.69) is 22.5 Å². The van der Waals surface area contributed by atoms with Crippen LogP contribution in [0.15, 0.2) is 4.99 Å². The molecule has 20 heavy (non-hydrogen) atoms. The summed E-state index contributed by atoms with van der Waals surface area (Å²) in [6.07, 6.45) is 7.72. The quantitative estimate of drug-likeness (QED) is 0.273. The third-order valence-electron chi connectivity index (χ3n) is 3.94. The highest BCUT2D eigenvalue weighted by Crippen LogP contribution is 2.34. The van der Waals surface area contributed by atoms with Crippen molar-refractivity contribution >= 4 is 29.9 Å². The van der Waals surface area contributed by atoms with Crippen molar-refractivity contribution in [3.63, 3.8) is 0 Å². The highest BCUT2D eigenvalue weighted by Gasteiger charge is 2.36. The smallest absolute Gasteiger partial charge is 0.191 e. The number of hydrogen-bond acceptors (Lipinski definition) is 2. The van der Waals surface area contributed by atoms with Crippen LogP contribution in [0.2, 0.25) is 0 Å². The molecule has 0 aromatic rings. The van der Waals surface area contributed by atoms with Crippen LogP contribution in [0.1, 0.15) is 45.4 Å². The van der Waals surface area contributed by atoms with Gasteiger partial charge in [-0.15, -0.1) is 24.0 Å². The lowest BCUT2D eigenvalue weighted by molar-refractivity contribution is 0.123. The van der Waals surface area contributed by atoms with Crippen LogP contribution >= 0.6 is 24.0 Å². The van der Waals surface area contributed by atoms with Crippen LogP contribution < -0.4 is 10.6 Å². The molecule has 0 aromatic heterocycles. The van der Waals surface area contributed by atoms with Gasteiger partial charge in [0.05, 0.1) is 0 Å². The van der Waals surface area contributed by atoms with Gasteiger partial charge in [0.25, 0.3) is 0 Å². The van der Waals surface area contributed by atoms with E-state index in [0.29, 0.717) is 6.04 Å².